The minimum atomic E-state index is -3.63. The normalized spacial score (nSPS) is 15.0. The van der Waals surface area contributed by atoms with Gasteiger partial charge in [-0.1, -0.05) is 45.0 Å². The van der Waals surface area contributed by atoms with Crippen molar-refractivity contribution in [1.29, 1.82) is 0 Å². The van der Waals surface area contributed by atoms with Crippen LogP contribution in [-0.4, -0.2) is 81.7 Å². The molecule has 0 saturated carbocycles. The van der Waals surface area contributed by atoms with E-state index in [1.54, 1.807) is 42.6 Å². The van der Waals surface area contributed by atoms with Crippen LogP contribution in [0.15, 0.2) is 66.9 Å². The van der Waals surface area contributed by atoms with Gasteiger partial charge in [0.25, 0.3) is 5.91 Å². The summed E-state index contributed by atoms with van der Waals surface area (Å²) in [6, 6.07) is 17.5. The molecule has 1 atom stereocenters. The minimum absolute atomic E-state index is 0.135. The first-order valence-corrected chi connectivity index (χ1v) is 17.4. The Morgan fingerprint density at radius 2 is 1.65 bits per heavy atom. The Balaban J connectivity index is 1.38. The molecule has 1 aliphatic heterocycles. The number of ether oxygens (including phenoxy) is 2. The van der Waals surface area contributed by atoms with Gasteiger partial charge in [-0.05, 0) is 61.8 Å². The lowest BCUT2D eigenvalue weighted by Gasteiger charge is -2.24. The zero-order chi connectivity index (χ0) is 34.8. The summed E-state index contributed by atoms with van der Waals surface area (Å²) >= 11 is 0. The number of carbonyl (C=O) groups excluding carboxylic acids is 2. The van der Waals surface area contributed by atoms with Crippen LogP contribution in [0.2, 0.25) is 0 Å². The Morgan fingerprint density at radius 1 is 0.958 bits per heavy atom. The Labute approximate surface area is 281 Å². The molecule has 13 heteroatoms. The Hall–Kier alpha value is -4.88. The van der Waals surface area contributed by atoms with E-state index in [2.05, 4.69) is 25.2 Å². The number of sulfonamides is 1. The summed E-state index contributed by atoms with van der Waals surface area (Å²) in [6.45, 7) is 7.28. The third kappa shape index (κ3) is 7.97. The topological polar surface area (TPSA) is 142 Å². The predicted molar refractivity (Wildman–Crippen MR) is 189 cm³/mol. The third-order valence-electron chi connectivity index (χ3n) is 8.19. The number of carbonyl (C=O) groups is 2. The van der Waals surface area contributed by atoms with Gasteiger partial charge in [-0.25, -0.2) is 13.2 Å². The quantitative estimate of drug-likeness (QED) is 0.193. The summed E-state index contributed by atoms with van der Waals surface area (Å²) < 4.78 is 38.5. The van der Waals surface area contributed by atoms with Crippen LogP contribution in [0.3, 0.4) is 0 Å². The van der Waals surface area contributed by atoms with E-state index in [4.69, 9.17) is 9.47 Å². The largest absolute Gasteiger partial charge is 0.492 e. The van der Waals surface area contributed by atoms with Gasteiger partial charge >= 0.3 is 6.03 Å². The Morgan fingerprint density at radius 3 is 2.29 bits per heavy atom. The molecule has 5 rings (SSSR count). The number of likely N-dealkylation sites (tertiary alicyclic amines) is 1. The van der Waals surface area contributed by atoms with Crippen LogP contribution in [0.25, 0.3) is 10.8 Å². The lowest BCUT2D eigenvalue weighted by atomic mass is 9.86. The summed E-state index contributed by atoms with van der Waals surface area (Å²) in [5.41, 5.74) is 1.78. The average molecular weight is 675 g/mol. The van der Waals surface area contributed by atoms with E-state index in [0.717, 1.165) is 29.0 Å². The smallest absolute Gasteiger partial charge is 0.323 e. The standard InChI is InChI=1S/C35H42N6O6S/c1-35(2,3)22-18-28(32(46-6)29(19-22)39-48(7,44)45)38-34(43)37-27-12-13-31(26-11-9-8-10-25(26)27)47-24-14-16-36-30(20-24)33(42)41-17-15-23(21-41)40(4)5/h8-14,16,18-20,23,39H,15,17,21H2,1-7H3,(H2,37,38,43). The highest BCUT2D eigenvalue weighted by Gasteiger charge is 2.29. The number of pyridine rings is 1. The van der Waals surface area contributed by atoms with Crippen molar-refractivity contribution in [3.63, 3.8) is 0 Å². The van der Waals surface area contributed by atoms with Gasteiger partial charge < -0.3 is 29.9 Å². The maximum Gasteiger partial charge on any atom is 0.323 e. The van der Waals surface area contributed by atoms with Gasteiger partial charge in [0.2, 0.25) is 10.0 Å². The lowest BCUT2D eigenvalue weighted by Crippen LogP contribution is -2.34. The summed E-state index contributed by atoms with van der Waals surface area (Å²) in [5.74, 6) is 1.04. The van der Waals surface area contributed by atoms with Crippen LogP contribution in [0.5, 0.6) is 17.2 Å². The zero-order valence-corrected chi connectivity index (χ0v) is 29.1. The van der Waals surface area contributed by atoms with Gasteiger partial charge in [0, 0.05) is 42.2 Å². The van der Waals surface area contributed by atoms with Crippen molar-refractivity contribution in [2.45, 2.75) is 38.6 Å². The molecule has 0 aliphatic carbocycles. The highest BCUT2D eigenvalue weighted by atomic mass is 32.2. The van der Waals surface area contributed by atoms with E-state index in [9.17, 15) is 18.0 Å². The predicted octanol–water partition coefficient (Wildman–Crippen LogP) is 6.12. The van der Waals surface area contributed by atoms with E-state index in [1.165, 1.54) is 7.11 Å². The number of nitrogens with one attached hydrogen (secondary N) is 3. The Kier molecular flexibility index (Phi) is 9.83. The van der Waals surface area contributed by atoms with E-state index in [-0.39, 0.29) is 22.8 Å². The summed E-state index contributed by atoms with van der Waals surface area (Å²) in [7, 11) is 1.81. The number of amides is 3. The van der Waals surface area contributed by atoms with Gasteiger partial charge in [0.1, 0.15) is 17.2 Å². The van der Waals surface area contributed by atoms with E-state index in [1.807, 2.05) is 64.0 Å². The number of aromatic nitrogens is 1. The SMILES string of the molecule is COc1c(NC(=O)Nc2ccc(Oc3ccnc(C(=O)N4CCC(N(C)C)C4)c3)c3ccccc23)cc(C(C)(C)C)cc1NS(C)(=O)=O. The molecule has 0 bridgehead atoms. The molecule has 3 amide bonds. The number of urea groups is 1. The molecule has 1 unspecified atom stereocenters. The third-order valence-corrected chi connectivity index (χ3v) is 8.78. The van der Waals surface area contributed by atoms with E-state index < -0.39 is 16.1 Å². The van der Waals surface area contributed by atoms with Crippen LogP contribution < -0.4 is 24.8 Å². The van der Waals surface area contributed by atoms with Crippen molar-refractivity contribution in [2.24, 2.45) is 0 Å². The van der Waals surface area contributed by atoms with Crippen molar-refractivity contribution >= 4 is 49.8 Å². The van der Waals surface area contributed by atoms with E-state index in [0.29, 0.717) is 47.7 Å². The van der Waals surface area contributed by atoms with E-state index >= 15 is 0 Å². The van der Waals surface area contributed by atoms with Crippen molar-refractivity contribution in [1.82, 2.24) is 14.8 Å². The second-order valence-corrected chi connectivity index (χ2v) is 14.8. The molecule has 3 aromatic carbocycles. The molecule has 1 aromatic heterocycles. The van der Waals surface area contributed by atoms with Crippen molar-refractivity contribution in [3.05, 3.63) is 78.1 Å². The van der Waals surface area contributed by atoms with Crippen LogP contribution in [-0.2, 0) is 15.4 Å². The second kappa shape index (κ2) is 13.7. The fourth-order valence-corrected chi connectivity index (χ4v) is 6.17. The first-order chi connectivity index (χ1) is 22.6. The summed E-state index contributed by atoms with van der Waals surface area (Å²) in [6.07, 6.45) is 3.53. The number of rotatable bonds is 9. The molecule has 4 aromatic rings. The highest BCUT2D eigenvalue weighted by Crippen LogP contribution is 2.40. The van der Waals surface area contributed by atoms with Crippen LogP contribution in [0.4, 0.5) is 21.9 Å². The van der Waals surface area contributed by atoms with Gasteiger partial charge in [-0.2, -0.15) is 0 Å². The molecule has 12 nitrogen and oxygen atoms in total. The van der Waals surface area contributed by atoms with Crippen LogP contribution in [0, 0.1) is 0 Å². The number of fused-ring (bicyclic) bond motifs is 1. The molecule has 3 N–H and O–H groups in total. The minimum Gasteiger partial charge on any atom is -0.492 e. The molecule has 0 spiro atoms. The van der Waals surface area contributed by atoms with Gasteiger partial charge in [-0.15, -0.1) is 0 Å². The average Bonchev–Trinajstić information content (AvgIpc) is 3.52. The maximum absolute atomic E-state index is 13.4. The number of nitrogens with zero attached hydrogens (tertiary/aromatic N) is 3. The summed E-state index contributed by atoms with van der Waals surface area (Å²) in [4.78, 5) is 34.9. The van der Waals surface area contributed by atoms with Crippen LogP contribution in [0.1, 0.15) is 43.2 Å². The van der Waals surface area contributed by atoms with Gasteiger partial charge in [0.05, 0.1) is 30.4 Å². The number of anilines is 3. The molecule has 48 heavy (non-hydrogen) atoms. The highest BCUT2D eigenvalue weighted by molar-refractivity contribution is 7.92. The molecule has 0 radical (unpaired) electrons. The maximum atomic E-state index is 13.4. The van der Waals surface area contributed by atoms with Crippen molar-refractivity contribution in [2.75, 3.05) is 55.9 Å². The van der Waals surface area contributed by atoms with Gasteiger partial charge in [0.15, 0.2) is 5.75 Å². The molecular weight excluding hydrogens is 632 g/mol. The molecule has 1 saturated heterocycles. The lowest BCUT2D eigenvalue weighted by molar-refractivity contribution is 0.0777. The first-order valence-electron chi connectivity index (χ1n) is 15.5. The van der Waals surface area contributed by atoms with Crippen molar-refractivity contribution < 1.29 is 27.5 Å². The fourth-order valence-electron chi connectivity index (χ4n) is 5.62. The number of benzene rings is 3. The summed E-state index contributed by atoms with van der Waals surface area (Å²) in [5, 5.41) is 7.19. The monoisotopic (exact) mass is 674 g/mol. The molecular formula is C35H42N6O6S. The number of likely N-dealkylation sites (N-methyl/N-ethyl adjacent to an activating group) is 1. The molecule has 2 heterocycles. The zero-order valence-electron chi connectivity index (χ0n) is 28.2. The Bertz CT molecular complexity index is 1960. The van der Waals surface area contributed by atoms with Crippen LogP contribution >= 0.6 is 0 Å². The molecule has 1 aliphatic rings. The first kappa shape index (κ1) is 34.5. The number of hydrogen-bond acceptors (Lipinski definition) is 8. The molecule has 254 valence electrons. The molecule has 1 fully saturated rings. The number of methoxy groups -OCH3 is 1. The number of hydrogen-bond donors (Lipinski definition) is 3. The fraction of sp³-hybridized carbons (Fsp3) is 0.343. The van der Waals surface area contributed by atoms with Gasteiger partial charge in [-0.3, -0.25) is 14.5 Å². The second-order valence-electron chi connectivity index (χ2n) is 13.1. The van der Waals surface area contributed by atoms with Crippen molar-refractivity contribution in [3.8, 4) is 17.2 Å².